The lowest BCUT2D eigenvalue weighted by atomic mass is 10.2. The van der Waals surface area contributed by atoms with Crippen LogP contribution in [-0.4, -0.2) is 16.7 Å². The summed E-state index contributed by atoms with van der Waals surface area (Å²) in [6, 6.07) is 9.76. The van der Waals surface area contributed by atoms with E-state index in [1.807, 2.05) is 12.1 Å². The molecule has 2 aromatic carbocycles. The van der Waals surface area contributed by atoms with Gasteiger partial charge in [-0.05, 0) is 12.1 Å². The van der Waals surface area contributed by atoms with Crippen LogP contribution in [0.4, 0.5) is 14.5 Å². The SMILES string of the molecule is O=C1CC[C@@]2(C(=O)Oc3cc(F)cc(F)c3)Sc3ccccc3N12. The summed E-state index contributed by atoms with van der Waals surface area (Å²) in [5, 5.41) is 0. The number of carbonyl (C=O) groups is 2. The molecule has 0 radical (unpaired) electrons. The fraction of sp³-hybridized carbons (Fsp3) is 0.176. The first-order chi connectivity index (χ1) is 11.5. The number of benzene rings is 2. The highest BCUT2D eigenvalue weighted by Crippen LogP contribution is 2.56. The number of ether oxygens (including phenoxy) is 1. The Hall–Kier alpha value is -2.41. The van der Waals surface area contributed by atoms with E-state index in [0.717, 1.165) is 17.0 Å². The number of halogens is 2. The number of hydrogen-bond donors (Lipinski definition) is 0. The van der Waals surface area contributed by atoms with Crippen molar-refractivity contribution in [1.82, 2.24) is 0 Å². The van der Waals surface area contributed by atoms with Gasteiger partial charge in [-0.15, -0.1) is 0 Å². The number of nitrogens with zero attached hydrogens (tertiary/aromatic N) is 1. The lowest BCUT2D eigenvalue weighted by molar-refractivity contribution is -0.137. The molecule has 0 N–H and O–H groups in total. The molecule has 1 amide bonds. The first-order valence-corrected chi connectivity index (χ1v) is 8.11. The summed E-state index contributed by atoms with van der Waals surface area (Å²) in [4.78, 5) is 26.1. The number of amides is 1. The summed E-state index contributed by atoms with van der Waals surface area (Å²) < 4.78 is 31.8. The zero-order chi connectivity index (χ0) is 16.9. The van der Waals surface area contributed by atoms with E-state index in [4.69, 9.17) is 4.74 Å². The molecule has 0 saturated carbocycles. The second-order valence-corrected chi connectivity index (χ2v) is 6.90. The predicted octanol–water partition coefficient (Wildman–Crippen LogP) is 3.50. The van der Waals surface area contributed by atoms with Gasteiger partial charge in [-0.25, -0.2) is 13.6 Å². The molecule has 2 heterocycles. The van der Waals surface area contributed by atoms with Crippen molar-refractivity contribution >= 4 is 29.3 Å². The zero-order valence-corrected chi connectivity index (χ0v) is 13.1. The quantitative estimate of drug-likeness (QED) is 0.616. The molecule has 2 aliphatic rings. The van der Waals surface area contributed by atoms with Crippen LogP contribution < -0.4 is 9.64 Å². The van der Waals surface area contributed by atoms with Gasteiger partial charge in [0.1, 0.15) is 17.4 Å². The number of carbonyl (C=O) groups excluding carboxylic acids is 2. The molecule has 0 spiro atoms. The summed E-state index contributed by atoms with van der Waals surface area (Å²) in [5.74, 6) is -2.77. The van der Waals surface area contributed by atoms with Crippen LogP contribution in [0.5, 0.6) is 5.75 Å². The standard InChI is InChI=1S/C17H11F2NO3S/c18-10-7-11(19)9-12(8-10)23-16(22)17-6-5-15(21)20(17)13-3-1-2-4-14(13)24-17/h1-4,7-9H,5-6H2/t17-/m0/s1. The molecule has 122 valence electrons. The van der Waals surface area contributed by atoms with Crippen molar-refractivity contribution in [3.63, 3.8) is 0 Å². The fourth-order valence-corrected chi connectivity index (χ4v) is 4.44. The minimum atomic E-state index is -1.22. The molecular weight excluding hydrogens is 336 g/mol. The van der Waals surface area contributed by atoms with Crippen LogP contribution in [0.1, 0.15) is 12.8 Å². The maximum absolute atomic E-state index is 13.3. The Balaban J connectivity index is 1.70. The summed E-state index contributed by atoms with van der Waals surface area (Å²) in [5.41, 5.74) is 0.660. The van der Waals surface area contributed by atoms with E-state index in [9.17, 15) is 18.4 Å². The molecule has 0 aliphatic carbocycles. The third-order valence-electron chi connectivity index (χ3n) is 4.04. The van der Waals surface area contributed by atoms with Gasteiger partial charge in [-0.1, -0.05) is 23.9 Å². The lowest BCUT2D eigenvalue weighted by Crippen LogP contribution is -2.48. The Morgan fingerprint density at radius 2 is 1.88 bits per heavy atom. The molecule has 2 aliphatic heterocycles. The average molecular weight is 347 g/mol. The molecule has 1 saturated heterocycles. The molecule has 2 aromatic rings. The smallest absolute Gasteiger partial charge is 0.348 e. The van der Waals surface area contributed by atoms with Crippen molar-refractivity contribution in [2.45, 2.75) is 22.6 Å². The zero-order valence-electron chi connectivity index (χ0n) is 12.3. The second kappa shape index (κ2) is 5.31. The molecule has 4 rings (SSSR count). The number of hydrogen-bond acceptors (Lipinski definition) is 4. The largest absolute Gasteiger partial charge is 0.424 e. The predicted molar refractivity (Wildman–Crippen MR) is 83.7 cm³/mol. The van der Waals surface area contributed by atoms with Crippen molar-refractivity contribution in [3.8, 4) is 5.75 Å². The lowest BCUT2D eigenvalue weighted by Gasteiger charge is -2.28. The summed E-state index contributed by atoms with van der Waals surface area (Å²) in [6.45, 7) is 0. The van der Waals surface area contributed by atoms with Crippen LogP contribution in [0.2, 0.25) is 0 Å². The maximum atomic E-state index is 13.3. The van der Waals surface area contributed by atoms with Gasteiger partial charge < -0.3 is 4.74 Å². The van der Waals surface area contributed by atoms with Crippen LogP contribution in [0.3, 0.4) is 0 Å². The van der Waals surface area contributed by atoms with Crippen LogP contribution >= 0.6 is 11.8 Å². The van der Waals surface area contributed by atoms with E-state index in [1.165, 1.54) is 16.7 Å². The second-order valence-electron chi connectivity index (χ2n) is 5.58. The third-order valence-corrected chi connectivity index (χ3v) is 5.50. The van der Waals surface area contributed by atoms with Crippen molar-refractivity contribution < 1.29 is 23.1 Å². The van der Waals surface area contributed by atoms with E-state index >= 15 is 0 Å². The van der Waals surface area contributed by atoms with E-state index in [2.05, 4.69) is 0 Å². The van der Waals surface area contributed by atoms with Gasteiger partial charge in [-0.2, -0.15) is 0 Å². The molecule has 4 nitrogen and oxygen atoms in total. The number of para-hydroxylation sites is 1. The molecule has 1 atom stereocenters. The average Bonchev–Trinajstić information content (AvgIpc) is 3.02. The maximum Gasteiger partial charge on any atom is 0.348 e. The Bertz CT molecular complexity index is 852. The number of rotatable bonds is 2. The Morgan fingerprint density at radius 1 is 1.17 bits per heavy atom. The van der Waals surface area contributed by atoms with Gasteiger partial charge in [0.05, 0.1) is 5.69 Å². The van der Waals surface area contributed by atoms with Crippen molar-refractivity contribution in [2.75, 3.05) is 4.90 Å². The highest BCUT2D eigenvalue weighted by atomic mass is 32.2. The molecule has 1 fully saturated rings. The Labute approximate surface area is 140 Å². The van der Waals surface area contributed by atoms with E-state index in [0.29, 0.717) is 11.8 Å². The molecule has 24 heavy (non-hydrogen) atoms. The van der Waals surface area contributed by atoms with Crippen molar-refractivity contribution in [3.05, 3.63) is 54.1 Å². The van der Waals surface area contributed by atoms with Crippen LogP contribution in [-0.2, 0) is 9.59 Å². The van der Waals surface area contributed by atoms with Crippen LogP contribution in [0.25, 0.3) is 0 Å². The normalized spacial score (nSPS) is 21.6. The number of fused-ring (bicyclic) bond motifs is 3. The monoisotopic (exact) mass is 347 g/mol. The van der Waals surface area contributed by atoms with Gasteiger partial charge >= 0.3 is 5.97 Å². The van der Waals surface area contributed by atoms with Gasteiger partial charge in [0.15, 0.2) is 4.87 Å². The first kappa shape index (κ1) is 15.1. The highest BCUT2D eigenvalue weighted by Gasteiger charge is 2.58. The number of esters is 1. The summed E-state index contributed by atoms with van der Waals surface area (Å²) in [7, 11) is 0. The first-order valence-electron chi connectivity index (χ1n) is 7.29. The molecule has 0 unspecified atom stereocenters. The Kier molecular flexibility index (Phi) is 3.35. The minimum Gasteiger partial charge on any atom is -0.424 e. The van der Waals surface area contributed by atoms with E-state index < -0.39 is 22.5 Å². The fourth-order valence-electron chi connectivity index (χ4n) is 3.05. The third kappa shape index (κ3) is 2.19. The topological polar surface area (TPSA) is 46.6 Å². The molecular formula is C17H11F2NO3S. The van der Waals surface area contributed by atoms with Crippen molar-refractivity contribution in [2.24, 2.45) is 0 Å². The molecule has 0 bridgehead atoms. The number of thioether (sulfide) groups is 1. The molecule has 0 aromatic heterocycles. The summed E-state index contributed by atoms with van der Waals surface area (Å²) in [6.07, 6.45) is 0.496. The van der Waals surface area contributed by atoms with E-state index in [-0.39, 0.29) is 24.5 Å². The highest BCUT2D eigenvalue weighted by molar-refractivity contribution is 8.02. The van der Waals surface area contributed by atoms with Gasteiger partial charge in [0.2, 0.25) is 5.91 Å². The van der Waals surface area contributed by atoms with Gasteiger partial charge in [-0.3, -0.25) is 9.69 Å². The van der Waals surface area contributed by atoms with Gasteiger partial charge in [0, 0.05) is 35.9 Å². The summed E-state index contributed by atoms with van der Waals surface area (Å²) >= 11 is 1.24. The Morgan fingerprint density at radius 3 is 2.62 bits per heavy atom. The van der Waals surface area contributed by atoms with Crippen LogP contribution in [0, 0.1) is 11.6 Å². The van der Waals surface area contributed by atoms with Crippen molar-refractivity contribution in [1.29, 1.82) is 0 Å². The minimum absolute atomic E-state index is 0.171. The van der Waals surface area contributed by atoms with E-state index in [1.54, 1.807) is 12.1 Å². The molecule has 7 heteroatoms. The van der Waals surface area contributed by atoms with Gasteiger partial charge in [0.25, 0.3) is 0 Å². The van der Waals surface area contributed by atoms with Crippen LogP contribution in [0.15, 0.2) is 47.4 Å². The number of anilines is 1.